The first-order valence-electron chi connectivity index (χ1n) is 11.5. The number of nitrogens with one attached hydrogen (secondary N) is 2. The maximum absolute atomic E-state index is 12.6. The van der Waals surface area contributed by atoms with Gasteiger partial charge in [-0.15, -0.1) is 0 Å². The van der Waals surface area contributed by atoms with Crippen LogP contribution in [-0.4, -0.2) is 33.6 Å². The number of aromatic nitrogens is 3. The zero-order valence-electron chi connectivity index (χ0n) is 19.8. The summed E-state index contributed by atoms with van der Waals surface area (Å²) in [5.74, 6) is 0.120. The van der Waals surface area contributed by atoms with Gasteiger partial charge in [0, 0.05) is 30.4 Å². The van der Waals surface area contributed by atoms with E-state index in [-0.39, 0.29) is 11.6 Å². The Balaban J connectivity index is 0.00000103. The van der Waals surface area contributed by atoms with Crippen molar-refractivity contribution in [2.75, 3.05) is 13.1 Å². The molecular formula is C26H33N7O. The lowest BCUT2D eigenvalue weighted by molar-refractivity contribution is 0.655. The Kier molecular flexibility index (Phi) is 8.99. The number of rotatable bonds is 8. The van der Waals surface area contributed by atoms with E-state index in [2.05, 4.69) is 34.1 Å². The van der Waals surface area contributed by atoms with Gasteiger partial charge in [-0.2, -0.15) is 4.98 Å². The van der Waals surface area contributed by atoms with Crippen molar-refractivity contribution in [3.63, 3.8) is 0 Å². The smallest absolute Gasteiger partial charge is 0.354 e. The molecule has 8 nitrogen and oxygen atoms in total. The van der Waals surface area contributed by atoms with E-state index in [9.17, 15) is 4.79 Å². The highest BCUT2D eigenvalue weighted by atomic mass is 16.1. The summed E-state index contributed by atoms with van der Waals surface area (Å²) >= 11 is 0. The van der Waals surface area contributed by atoms with Gasteiger partial charge >= 0.3 is 5.69 Å². The van der Waals surface area contributed by atoms with Gasteiger partial charge in [-0.05, 0) is 42.3 Å². The normalized spacial score (nSPS) is 10.5. The van der Waals surface area contributed by atoms with Crippen molar-refractivity contribution >= 4 is 17.0 Å². The number of nitrogens with two attached hydrogens (primary N) is 2. The number of benzene rings is 2. The minimum Gasteiger partial charge on any atom is -0.370 e. The molecule has 0 fully saturated rings. The quantitative estimate of drug-likeness (QED) is 0.182. The molecule has 0 radical (unpaired) electrons. The molecule has 0 aliphatic heterocycles. The molecule has 0 saturated heterocycles. The number of hydrogen-bond acceptors (Lipinski definition) is 4. The van der Waals surface area contributed by atoms with Crippen molar-refractivity contribution < 1.29 is 0 Å². The van der Waals surface area contributed by atoms with Crippen molar-refractivity contribution in [1.29, 1.82) is 0 Å². The molecule has 0 aliphatic rings. The van der Waals surface area contributed by atoms with E-state index in [4.69, 9.17) is 11.5 Å². The lowest BCUT2D eigenvalue weighted by Gasteiger charge is -2.08. The first kappa shape index (κ1) is 24.7. The number of aliphatic imine (C=N–C) groups is 1. The Hall–Kier alpha value is -3.91. The predicted octanol–water partition coefficient (Wildman–Crippen LogP) is 3.55. The van der Waals surface area contributed by atoms with Gasteiger partial charge in [-0.1, -0.05) is 62.7 Å². The second-order valence-corrected chi connectivity index (χ2v) is 7.96. The molecule has 2 aromatic heterocycles. The molecule has 0 atom stereocenters. The minimum atomic E-state index is -0.320. The molecule has 0 saturated carbocycles. The second kappa shape index (κ2) is 12.4. The van der Waals surface area contributed by atoms with Gasteiger partial charge in [-0.3, -0.25) is 9.56 Å². The van der Waals surface area contributed by atoms with Crippen LogP contribution in [-0.2, 0) is 6.54 Å². The lowest BCUT2D eigenvalue weighted by atomic mass is 10.1. The van der Waals surface area contributed by atoms with Crippen LogP contribution in [0, 0.1) is 0 Å². The summed E-state index contributed by atoms with van der Waals surface area (Å²) in [7, 11) is 0. The summed E-state index contributed by atoms with van der Waals surface area (Å²) in [6.45, 7) is 6.40. The Bertz CT molecular complexity index is 1250. The third kappa shape index (κ3) is 6.79. The number of aromatic amines is 1. The van der Waals surface area contributed by atoms with Gasteiger partial charge in [0.05, 0.1) is 5.69 Å². The van der Waals surface area contributed by atoms with Crippen molar-refractivity contribution in [2.24, 2.45) is 16.5 Å². The fraction of sp³-hybridized carbons (Fsp3) is 0.269. The summed E-state index contributed by atoms with van der Waals surface area (Å²) in [6.07, 6.45) is 3.93. The summed E-state index contributed by atoms with van der Waals surface area (Å²) in [5, 5.41) is 4.23. The fourth-order valence-electron chi connectivity index (χ4n) is 3.37. The first-order chi connectivity index (χ1) is 16.5. The van der Waals surface area contributed by atoms with E-state index < -0.39 is 0 Å². The van der Waals surface area contributed by atoms with Gasteiger partial charge in [0.15, 0.2) is 5.96 Å². The molecule has 0 bridgehead atoms. The van der Waals surface area contributed by atoms with Gasteiger partial charge in [-0.25, -0.2) is 4.79 Å². The predicted molar refractivity (Wildman–Crippen MR) is 140 cm³/mol. The Morgan fingerprint density at radius 1 is 1.09 bits per heavy atom. The molecule has 2 aromatic carbocycles. The molecule has 4 aromatic rings. The van der Waals surface area contributed by atoms with Crippen molar-refractivity contribution in [3.05, 3.63) is 82.9 Å². The molecule has 4 rings (SSSR count). The van der Waals surface area contributed by atoms with Crippen molar-refractivity contribution in [3.8, 4) is 16.9 Å². The Labute approximate surface area is 199 Å². The topological polar surface area (TPSA) is 127 Å². The molecule has 6 N–H and O–H groups in total. The van der Waals surface area contributed by atoms with Gasteiger partial charge in [0.25, 0.3) is 0 Å². The Morgan fingerprint density at radius 2 is 1.79 bits per heavy atom. The molecule has 0 unspecified atom stereocenters. The third-order valence-corrected chi connectivity index (χ3v) is 4.94. The average Bonchev–Trinajstić information content (AvgIpc) is 3.25. The van der Waals surface area contributed by atoms with E-state index in [1.54, 1.807) is 4.57 Å². The molecule has 0 aliphatic carbocycles. The largest absolute Gasteiger partial charge is 0.370 e. The van der Waals surface area contributed by atoms with Crippen LogP contribution in [0.25, 0.3) is 28.0 Å². The van der Waals surface area contributed by atoms with E-state index in [1.807, 2.05) is 66.9 Å². The summed E-state index contributed by atoms with van der Waals surface area (Å²) < 4.78 is 1.57. The number of H-pyrrole nitrogens is 1. The second-order valence-electron chi connectivity index (χ2n) is 7.96. The van der Waals surface area contributed by atoms with E-state index in [0.717, 1.165) is 47.4 Å². The molecule has 0 amide bonds. The molecule has 34 heavy (non-hydrogen) atoms. The SMILES string of the molecule is CCC.NC(N)=NCCCNCc1ccc(-n2cc3cc(-c4ccccc4)[nH]c3nc2=O)cc1. The molecular weight excluding hydrogens is 426 g/mol. The van der Waals surface area contributed by atoms with Crippen LogP contribution >= 0.6 is 0 Å². The highest BCUT2D eigenvalue weighted by Crippen LogP contribution is 2.22. The molecule has 0 spiro atoms. The molecule has 8 heteroatoms. The standard InChI is InChI=1S/C23H25N7O.C3H8/c24-22(25)27-12-4-11-26-14-16-7-9-19(10-8-16)30-15-18-13-20(17-5-2-1-3-6-17)28-21(18)29-23(30)31;1-3-2/h1-3,5-10,13,15,26H,4,11-12,14H2,(H4,24,25,27)(H,28,29,31);3H2,1-2H3. The van der Waals surface area contributed by atoms with Gasteiger partial charge < -0.3 is 21.8 Å². The summed E-state index contributed by atoms with van der Waals surface area (Å²) in [4.78, 5) is 24.0. The minimum absolute atomic E-state index is 0.120. The summed E-state index contributed by atoms with van der Waals surface area (Å²) in [6, 6.07) is 19.8. The number of fused-ring (bicyclic) bond motifs is 1. The number of nitrogens with zero attached hydrogens (tertiary/aromatic N) is 3. The average molecular weight is 460 g/mol. The number of hydrogen-bond donors (Lipinski definition) is 4. The zero-order chi connectivity index (χ0) is 24.3. The van der Waals surface area contributed by atoms with E-state index in [0.29, 0.717) is 12.2 Å². The monoisotopic (exact) mass is 459 g/mol. The van der Waals surface area contributed by atoms with Crippen LogP contribution in [0.2, 0.25) is 0 Å². The van der Waals surface area contributed by atoms with Crippen molar-refractivity contribution in [2.45, 2.75) is 33.2 Å². The van der Waals surface area contributed by atoms with Crippen molar-refractivity contribution in [1.82, 2.24) is 19.9 Å². The zero-order valence-corrected chi connectivity index (χ0v) is 19.8. The van der Waals surface area contributed by atoms with Crippen LogP contribution in [0.4, 0.5) is 0 Å². The first-order valence-corrected chi connectivity index (χ1v) is 11.5. The van der Waals surface area contributed by atoms with Crippen LogP contribution in [0.15, 0.2) is 76.6 Å². The maximum atomic E-state index is 12.6. The Morgan fingerprint density at radius 3 is 2.47 bits per heavy atom. The molecule has 2 heterocycles. The van der Waals surface area contributed by atoms with E-state index in [1.165, 1.54) is 6.42 Å². The highest BCUT2D eigenvalue weighted by molar-refractivity contribution is 5.82. The molecule has 178 valence electrons. The maximum Gasteiger partial charge on any atom is 0.354 e. The van der Waals surface area contributed by atoms with Crippen LogP contribution in [0.5, 0.6) is 0 Å². The van der Waals surface area contributed by atoms with Crippen LogP contribution < -0.4 is 22.5 Å². The van der Waals surface area contributed by atoms with Gasteiger partial charge in [0.1, 0.15) is 5.65 Å². The van der Waals surface area contributed by atoms with Gasteiger partial charge in [0.2, 0.25) is 0 Å². The number of guanidine groups is 1. The highest BCUT2D eigenvalue weighted by Gasteiger charge is 2.08. The van der Waals surface area contributed by atoms with E-state index >= 15 is 0 Å². The summed E-state index contributed by atoms with van der Waals surface area (Å²) in [5.41, 5.74) is 14.8. The van der Waals surface area contributed by atoms with Crippen LogP contribution in [0.1, 0.15) is 32.3 Å². The van der Waals surface area contributed by atoms with Crippen LogP contribution in [0.3, 0.4) is 0 Å². The lowest BCUT2D eigenvalue weighted by Crippen LogP contribution is -2.23. The fourth-order valence-corrected chi connectivity index (χ4v) is 3.37. The third-order valence-electron chi connectivity index (χ3n) is 4.94.